The Kier molecular flexibility index (Phi) is 4.26. The summed E-state index contributed by atoms with van der Waals surface area (Å²) in [5.74, 6) is 2.18. The Hall–Kier alpha value is -2.84. The maximum Gasteiger partial charge on any atom is 0.176 e. The Morgan fingerprint density at radius 3 is 2.74 bits per heavy atom. The number of nitriles is 1. The summed E-state index contributed by atoms with van der Waals surface area (Å²) in [5, 5.41) is 9.22. The van der Waals surface area contributed by atoms with E-state index in [9.17, 15) is 5.26 Å². The van der Waals surface area contributed by atoms with Gasteiger partial charge in [-0.3, -0.25) is 0 Å². The van der Waals surface area contributed by atoms with Gasteiger partial charge >= 0.3 is 0 Å². The van der Waals surface area contributed by atoms with Gasteiger partial charge in [-0.15, -0.1) is 0 Å². The standard InChI is InChI=1S/C18H18N4O/c1-21(2)11-12-22-10-9-20-18(22)17-8-7-16(23-17)15-6-4-3-5-14(15)13-19/h3-10H,11-12H2,1-2H3. The van der Waals surface area contributed by atoms with E-state index in [1.54, 1.807) is 12.3 Å². The molecule has 0 amide bonds. The molecule has 0 saturated carbocycles. The molecule has 5 nitrogen and oxygen atoms in total. The minimum absolute atomic E-state index is 0.601. The van der Waals surface area contributed by atoms with Crippen molar-refractivity contribution in [3.63, 3.8) is 0 Å². The molecule has 0 fully saturated rings. The molecule has 23 heavy (non-hydrogen) atoms. The summed E-state index contributed by atoms with van der Waals surface area (Å²) >= 11 is 0. The molecule has 0 aliphatic heterocycles. The minimum Gasteiger partial charge on any atom is -0.453 e. The van der Waals surface area contributed by atoms with E-state index in [2.05, 4.69) is 20.5 Å². The van der Waals surface area contributed by atoms with E-state index >= 15 is 0 Å². The van der Waals surface area contributed by atoms with Crippen molar-refractivity contribution in [1.82, 2.24) is 14.5 Å². The zero-order valence-electron chi connectivity index (χ0n) is 13.2. The van der Waals surface area contributed by atoms with Gasteiger partial charge in [0.15, 0.2) is 11.6 Å². The maximum absolute atomic E-state index is 9.22. The summed E-state index contributed by atoms with van der Waals surface area (Å²) in [6, 6.07) is 13.4. The summed E-state index contributed by atoms with van der Waals surface area (Å²) < 4.78 is 8.02. The first kappa shape index (κ1) is 15.1. The van der Waals surface area contributed by atoms with Gasteiger partial charge in [-0.2, -0.15) is 5.26 Å². The van der Waals surface area contributed by atoms with E-state index in [4.69, 9.17) is 4.42 Å². The number of likely N-dealkylation sites (N-methyl/N-ethyl adjacent to an activating group) is 1. The predicted molar refractivity (Wildman–Crippen MR) is 88.6 cm³/mol. The predicted octanol–water partition coefficient (Wildman–Crippen LogP) is 3.24. The number of hydrogen-bond acceptors (Lipinski definition) is 4. The lowest BCUT2D eigenvalue weighted by Crippen LogP contribution is -2.18. The second-order valence-electron chi connectivity index (χ2n) is 5.57. The van der Waals surface area contributed by atoms with Crippen LogP contribution in [0.3, 0.4) is 0 Å². The summed E-state index contributed by atoms with van der Waals surface area (Å²) in [6.07, 6.45) is 3.72. The lowest BCUT2D eigenvalue weighted by molar-refractivity contribution is 0.384. The number of furan rings is 1. The van der Waals surface area contributed by atoms with Crippen LogP contribution in [0, 0.1) is 11.3 Å². The average Bonchev–Trinajstić information content (AvgIpc) is 3.21. The van der Waals surface area contributed by atoms with Crippen molar-refractivity contribution >= 4 is 0 Å². The van der Waals surface area contributed by atoms with Gasteiger partial charge in [0.1, 0.15) is 5.76 Å². The molecular weight excluding hydrogens is 288 g/mol. The second kappa shape index (κ2) is 6.51. The first-order chi connectivity index (χ1) is 11.2. The van der Waals surface area contributed by atoms with Gasteiger partial charge in [-0.1, -0.05) is 12.1 Å². The minimum atomic E-state index is 0.601. The van der Waals surface area contributed by atoms with E-state index in [-0.39, 0.29) is 0 Å². The van der Waals surface area contributed by atoms with Crippen molar-refractivity contribution in [2.24, 2.45) is 0 Å². The van der Waals surface area contributed by atoms with Crippen molar-refractivity contribution in [3.05, 3.63) is 54.4 Å². The molecule has 0 N–H and O–H groups in total. The van der Waals surface area contributed by atoms with Crippen molar-refractivity contribution in [2.75, 3.05) is 20.6 Å². The summed E-state index contributed by atoms with van der Waals surface area (Å²) in [4.78, 5) is 6.53. The van der Waals surface area contributed by atoms with Gasteiger partial charge in [0.2, 0.25) is 0 Å². The highest BCUT2D eigenvalue weighted by molar-refractivity contribution is 5.68. The van der Waals surface area contributed by atoms with Crippen molar-refractivity contribution in [2.45, 2.75) is 6.54 Å². The highest BCUT2D eigenvalue weighted by Gasteiger charge is 2.13. The number of hydrogen-bond donors (Lipinski definition) is 0. The van der Waals surface area contributed by atoms with E-state index in [1.165, 1.54) is 0 Å². The van der Waals surface area contributed by atoms with Gasteiger partial charge in [0.05, 0.1) is 11.6 Å². The van der Waals surface area contributed by atoms with Crippen LogP contribution in [0.15, 0.2) is 53.2 Å². The Balaban J connectivity index is 1.91. The van der Waals surface area contributed by atoms with Gasteiger partial charge in [-0.05, 0) is 38.4 Å². The Morgan fingerprint density at radius 1 is 1.17 bits per heavy atom. The van der Waals surface area contributed by atoms with Crippen molar-refractivity contribution < 1.29 is 4.42 Å². The highest BCUT2D eigenvalue weighted by atomic mass is 16.3. The summed E-state index contributed by atoms with van der Waals surface area (Å²) in [6.45, 7) is 1.77. The van der Waals surface area contributed by atoms with Crippen LogP contribution in [-0.4, -0.2) is 35.1 Å². The highest BCUT2D eigenvalue weighted by Crippen LogP contribution is 2.29. The smallest absolute Gasteiger partial charge is 0.176 e. The summed E-state index contributed by atoms with van der Waals surface area (Å²) in [7, 11) is 4.08. The van der Waals surface area contributed by atoms with Crippen LogP contribution >= 0.6 is 0 Å². The number of nitrogens with zero attached hydrogens (tertiary/aromatic N) is 4. The molecule has 0 saturated heterocycles. The molecule has 0 radical (unpaired) electrons. The lowest BCUT2D eigenvalue weighted by Gasteiger charge is -2.11. The Morgan fingerprint density at radius 2 is 1.96 bits per heavy atom. The lowest BCUT2D eigenvalue weighted by atomic mass is 10.1. The average molecular weight is 306 g/mol. The van der Waals surface area contributed by atoms with E-state index in [0.29, 0.717) is 17.1 Å². The second-order valence-corrected chi connectivity index (χ2v) is 5.57. The Bertz CT molecular complexity index is 839. The van der Waals surface area contributed by atoms with E-state index < -0.39 is 0 Å². The molecule has 0 spiro atoms. The van der Waals surface area contributed by atoms with Gasteiger partial charge < -0.3 is 13.9 Å². The largest absolute Gasteiger partial charge is 0.453 e. The number of aromatic nitrogens is 2. The molecule has 0 aliphatic carbocycles. The molecule has 0 atom stereocenters. The topological polar surface area (TPSA) is 58.0 Å². The molecule has 3 aromatic rings. The molecule has 2 aromatic heterocycles. The van der Waals surface area contributed by atoms with Crippen LogP contribution in [-0.2, 0) is 6.54 Å². The fraction of sp³-hybridized carbons (Fsp3) is 0.222. The number of rotatable bonds is 5. The van der Waals surface area contributed by atoms with Gasteiger partial charge in [0.25, 0.3) is 0 Å². The van der Waals surface area contributed by atoms with Crippen LogP contribution in [0.1, 0.15) is 5.56 Å². The fourth-order valence-electron chi connectivity index (χ4n) is 2.42. The fourth-order valence-corrected chi connectivity index (χ4v) is 2.42. The Labute approximate surface area is 135 Å². The molecule has 3 rings (SSSR count). The van der Waals surface area contributed by atoms with Crippen LogP contribution < -0.4 is 0 Å². The van der Waals surface area contributed by atoms with Crippen molar-refractivity contribution in [1.29, 1.82) is 5.26 Å². The molecule has 5 heteroatoms. The molecule has 0 aliphatic rings. The molecular formula is C18H18N4O. The molecule has 2 heterocycles. The summed E-state index contributed by atoms with van der Waals surface area (Å²) in [5.41, 5.74) is 1.40. The third-order valence-electron chi connectivity index (χ3n) is 3.64. The zero-order chi connectivity index (χ0) is 16.2. The number of benzene rings is 1. The quantitative estimate of drug-likeness (QED) is 0.726. The van der Waals surface area contributed by atoms with Crippen LogP contribution in [0.25, 0.3) is 22.9 Å². The monoisotopic (exact) mass is 306 g/mol. The molecule has 116 valence electrons. The van der Waals surface area contributed by atoms with Crippen LogP contribution in [0.4, 0.5) is 0 Å². The SMILES string of the molecule is CN(C)CCn1ccnc1-c1ccc(-c2ccccc2C#N)o1. The van der Waals surface area contributed by atoms with E-state index in [0.717, 1.165) is 24.5 Å². The van der Waals surface area contributed by atoms with Gasteiger partial charge in [-0.25, -0.2) is 4.98 Å². The molecule has 0 unspecified atom stereocenters. The third-order valence-corrected chi connectivity index (χ3v) is 3.64. The zero-order valence-corrected chi connectivity index (χ0v) is 13.2. The van der Waals surface area contributed by atoms with Crippen molar-refractivity contribution in [3.8, 4) is 29.0 Å². The van der Waals surface area contributed by atoms with Gasteiger partial charge in [0, 0.05) is 31.0 Å². The molecule has 0 bridgehead atoms. The number of imidazole rings is 1. The third kappa shape index (κ3) is 3.17. The van der Waals surface area contributed by atoms with E-state index in [1.807, 2.05) is 50.6 Å². The van der Waals surface area contributed by atoms with Crippen LogP contribution in [0.5, 0.6) is 0 Å². The molecule has 1 aromatic carbocycles. The first-order valence-corrected chi connectivity index (χ1v) is 7.44. The van der Waals surface area contributed by atoms with Crippen LogP contribution in [0.2, 0.25) is 0 Å². The first-order valence-electron chi connectivity index (χ1n) is 7.44. The maximum atomic E-state index is 9.22. The normalized spacial score (nSPS) is 10.9.